The third-order valence-electron chi connectivity index (χ3n) is 3.70. The quantitative estimate of drug-likeness (QED) is 0.543. The zero-order chi connectivity index (χ0) is 15.7. The van der Waals surface area contributed by atoms with E-state index in [1.807, 2.05) is 0 Å². The van der Waals surface area contributed by atoms with Crippen LogP contribution in [0.2, 0.25) is 0 Å². The normalized spacial score (nSPS) is 33.9. The van der Waals surface area contributed by atoms with E-state index in [1.165, 1.54) is 0 Å². The van der Waals surface area contributed by atoms with Crippen molar-refractivity contribution in [3.8, 4) is 11.5 Å². The molecule has 122 valence electrons. The molecule has 0 bridgehead atoms. The van der Waals surface area contributed by atoms with Crippen molar-refractivity contribution >= 4 is 0 Å². The number of ether oxygens (including phenoxy) is 4. The Morgan fingerprint density at radius 1 is 1.05 bits per heavy atom. The van der Waals surface area contributed by atoms with Crippen molar-refractivity contribution in [1.82, 2.24) is 0 Å². The summed E-state index contributed by atoms with van der Waals surface area (Å²) in [6.45, 7) is -0.222. The topological polar surface area (TPSA) is 118 Å². The number of fused-ring (bicyclic) bond motifs is 1. The highest BCUT2D eigenvalue weighted by Crippen LogP contribution is 2.33. The SMILES string of the molecule is OC[C@H]1O[C@@H](OCc2ccc3c(c2)OCO3)[C@H](O)[C@@H](O)[C@@H]1O. The van der Waals surface area contributed by atoms with Crippen LogP contribution >= 0.6 is 0 Å². The van der Waals surface area contributed by atoms with Crippen molar-refractivity contribution in [1.29, 1.82) is 0 Å². The Bertz CT molecular complexity index is 520. The fourth-order valence-corrected chi connectivity index (χ4v) is 2.41. The van der Waals surface area contributed by atoms with Gasteiger partial charge in [-0.1, -0.05) is 6.07 Å². The van der Waals surface area contributed by atoms with Gasteiger partial charge in [0, 0.05) is 0 Å². The van der Waals surface area contributed by atoms with Crippen molar-refractivity contribution in [2.45, 2.75) is 37.3 Å². The van der Waals surface area contributed by atoms with E-state index >= 15 is 0 Å². The summed E-state index contributed by atoms with van der Waals surface area (Å²) in [4.78, 5) is 0. The minimum Gasteiger partial charge on any atom is -0.454 e. The van der Waals surface area contributed by atoms with Crippen molar-refractivity contribution in [3.05, 3.63) is 23.8 Å². The van der Waals surface area contributed by atoms with Gasteiger partial charge < -0.3 is 39.4 Å². The molecule has 0 aromatic heterocycles. The number of hydrogen-bond acceptors (Lipinski definition) is 8. The van der Waals surface area contributed by atoms with Gasteiger partial charge in [0.2, 0.25) is 6.79 Å². The summed E-state index contributed by atoms with van der Waals surface area (Å²) < 4.78 is 21.2. The lowest BCUT2D eigenvalue weighted by Crippen LogP contribution is -2.59. The predicted octanol–water partition coefficient (Wildman–Crippen LogP) is -1.27. The predicted molar refractivity (Wildman–Crippen MR) is 71.1 cm³/mol. The van der Waals surface area contributed by atoms with E-state index in [4.69, 9.17) is 24.1 Å². The zero-order valence-corrected chi connectivity index (χ0v) is 11.7. The fourth-order valence-electron chi connectivity index (χ4n) is 2.41. The molecule has 5 atom stereocenters. The molecule has 0 spiro atoms. The maximum Gasteiger partial charge on any atom is 0.231 e. The molecule has 22 heavy (non-hydrogen) atoms. The first-order valence-corrected chi connectivity index (χ1v) is 6.91. The average Bonchev–Trinajstić information content (AvgIpc) is 2.99. The number of aliphatic hydroxyl groups excluding tert-OH is 4. The summed E-state index contributed by atoms with van der Waals surface area (Å²) in [5.41, 5.74) is 0.765. The monoisotopic (exact) mass is 314 g/mol. The van der Waals surface area contributed by atoms with E-state index in [2.05, 4.69) is 0 Å². The van der Waals surface area contributed by atoms with Gasteiger partial charge in [-0.15, -0.1) is 0 Å². The summed E-state index contributed by atoms with van der Waals surface area (Å²) in [5, 5.41) is 38.3. The molecule has 0 unspecified atom stereocenters. The van der Waals surface area contributed by atoms with Crippen molar-refractivity contribution in [3.63, 3.8) is 0 Å². The summed E-state index contributed by atoms with van der Waals surface area (Å²) >= 11 is 0. The molecule has 2 heterocycles. The molecular weight excluding hydrogens is 296 g/mol. The Labute approximate surface area is 126 Å². The van der Waals surface area contributed by atoms with Crippen LogP contribution in [0.5, 0.6) is 11.5 Å². The smallest absolute Gasteiger partial charge is 0.231 e. The molecule has 0 amide bonds. The molecule has 1 fully saturated rings. The Morgan fingerprint density at radius 2 is 1.82 bits per heavy atom. The van der Waals surface area contributed by atoms with Crippen LogP contribution in [0, 0.1) is 0 Å². The zero-order valence-electron chi connectivity index (χ0n) is 11.7. The van der Waals surface area contributed by atoms with Crippen LogP contribution in [0.4, 0.5) is 0 Å². The van der Waals surface area contributed by atoms with Crippen molar-refractivity contribution < 1.29 is 39.4 Å². The average molecular weight is 314 g/mol. The standard InChI is InChI=1S/C14H18O8/c15-4-10-11(16)12(17)13(18)14(22-10)19-5-7-1-2-8-9(3-7)21-6-20-8/h1-3,10-18H,4-6H2/t10-,11-,12+,13-,14-/m1/s1. The van der Waals surface area contributed by atoms with Gasteiger partial charge in [-0.2, -0.15) is 0 Å². The minimum absolute atomic E-state index is 0.0966. The molecule has 2 aliphatic heterocycles. The van der Waals surface area contributed by atoms with E-state index < -0.39 is 37.3 Å². The maximum absolute atomic E-state index is 9.87. The third-order valence-corrected chi connectivity index (χ3v) is 3.70. The van der Waals surface area contributed by atoms with Crippen LogP contribution in [-0.4, -0.2) is 64.5 Å². The molecule has 0 aliphatic carbocycles. The second kappa shape index (κ2) is 6.37. The highest BCUT2D eigenvalue weighted by molar-refractivity contribution is 5.44. The summed E-state index contributed by atoms with van der Waals surface area (Å²) in [6.07, 6.45) is -6.40. The first-order valence-electron chi connectivity index (χ1n) is 6.91. The van der Waals surface area contributed by atoms with Gasteiger partial charge in [-0.05, 0) is 17.7 Å². The molecular formula is C14H18O8. The number of rotatable bonds is 4. The second-order valence-corrected chi connectivity index (χ2v) is 5.20. The molecule has 3 rings (SSSR count). The lowest BCUT2D eigenvalue weighted by atomic mass is 9.99. The van der Waals surface area contributed by atoms with Gasteiger partial charge in [-0.25, -0.2) is 0 Å². The van der Waals surface area contributed by atoms with Crippen molar-refractivity contribution in [2.24, 2.45) is 0 Å². The van der Waals surface area contributed by atoms with E-state index in [0.717, 1.165) is 5.56 Å². The highest BCUT2D eigenvalue weighted by Gasteiger charge is 2.43. The van der Waals surface area contributed by atoms with Crippen LogP contribution in [0.3, 0.4) is 0 Å². The maximum atomic E-state index is 9.87. The van der Waals surface area contributed by atoms with Crippen LogP contribution in [0.15, 0.2) is 18.2 Å². The molecule has 1 aromatic rings. The van der Waals surface area contributed by atoms with Gasteiger partial charge in [0.05, 0.1) is 13.2 Å². The van der Waals surface area contributed by atoms with Gasteiger partial charge in [0.15, 0.2) is 17.8 Å². The Kier molecular flexibility index (Phi) is 4.48. The fraction of sp³-hybridized carbons (Fsp3) is 0.571. The first-order chi connectivity index (χ1) is 10.6. The molecule has 4 N–H and O–H groups in total. The van der Waals surface area contributed by atoms with E-state index in [1.54, 1.807) is 18.2 Å². The number of hydrogen-bond donors (Lipinski definition) is 4. The van der Waals surface area contributed by atoms with Crippen molar-refractivity contribution in [2.75, 3.05) is 13.4 Å². The van der Waals surface area contributed by atoms with Gasteiger partial charge >= 0.3 is 0 Å². The summed E-state index contributed by atoms with van der Waals surface area (Å²) in [7, 11) is 0. The Hall–Kier alpha value is -1.42. The molecule has 8 heteroatoms. The third kappa shape index (κ3) is 2.89. The van der Waals surface area contributed by atoms with Gasteiger partial charge in [0.1, 0.15) is 24.4 Å². The largest absolute Gasteiger partial charge is 0.454 e. The highest BCUT2D eigenvalue weighted by atomic mass is 16.7. The van der Waals surface area contributed by atoms with Crippen LogP contribution < -0.4 is 9.47 Å². The van der Waals surface area contributed by atoms with E-state index in [0.29, 0.717) is 11.5 Å². The molecule has 1 saturated heterocycles. The Balaban J connectivity index is 1.63. The van der Waals surface area contributed by atoms with Crippen LogP contribution in [0.25, 0.3) is 0 Å². The van der Waals surface area contributed by atoms with Gasteiger partial charge in [-0.3, -0.25) is 0 Å². The number of aliphatic hydroxyl groups is 4. The van der Waals surface area contributed by atoms with Gasteiger partial charge in [0.25, 0.3) is 0 Å². The molecule has 8 nitrogen and oxygen atoms in total. The van der Waals surface area contributed by atoms with Crippen LogP contribution in [-0.2, 0) is 16.1 Å². The second-order valence-electron chi connectivity index (χ2n) is 5.20. The van der Waals surface area contributed by atoms with E-state index in [9.17, 15) is 15.3 Å². The first kappa shape index (κ1) is 15.5. The molecule has 0 saturated carbocycles. The van der Waals surface area contributed by atoms with Crippen LogP contribution in [0.1, 0.15) is 5.56 Å². The summed E-state index contributed by atoms with van der Waals surface area (Å²) in [6, 6.07) is 5.26. The minimum atomic E-state index is -1.45. The van der Waals surface area contributed by atoms with E-state index in [-0.39, 0.29) is 13.4 Å². The lowest BCUT2D eigenvalue weighted by molar-refractivity contribution is -0.304. The molecule has 2 aliphatic rings. The molecule has 1 aromatic carbocycles. The Morgan fingerprint density at radius 3 is 2.59 bits per heavy atom. The molecule has 0 radical (unpaired) electrons. The summed E-state index contributed by atoms with van der Waals surface area (Å²) in [5.74, 6) is 1.26. The lowest BCUT2D eigenvalue weighted by Gasteiger charge is -2.39. The number of benzene rings is 1.